The lowest BCUT2D eigenvalue weighted by Crippen LogP contribution is -2.45. The van der Waals surface area contributed by atoms with E-state index in [0.717, 1.165) is 0 Å². The molecule has 0 aliphatic carbocycles. The van der Waals surface area contributed by atoms with E-state index in [2.05, 4.69) is 20.2 Å². The van der Waals surface area contributed by atoms with Gasteiger partial charge in [0.05, 0.1) is 16.2 Å². The Labute approximate surface area is 167 Å². The first-order valence-corrected chi connectivity index (χ1v) is 10.1. The highest BCUT2D eigenvalue weighted by Crippen LogP contribution is 2.26. The molecule has 1 amide bonds. The van der Waals surface area contributed by atoms with Crippen LogP contribution in [0.15, 0.2) is 40.5 Å². The van der Waals surface area contributed by atoms with E-state index in [9.17, 15) is 9.59 Å². The molecule has 28 heavy (non-hydrogen) atoms. The molecule has 2 aromatic heterocycles. The molecule has 0 bridgehead atoms. The zero-order chi connectivity index (χ0) is 20.4. The molecule has 2 heterocycles. The van der Waals surface area contributed by atoms with Gasteiger partial charge in [0, 0.05) is 12.1 Å². The average Bonchev–Trinajstić information content (AvgIpc) is 3.15. The number of hydrogen-bond donors (Lipinski definition) is 1. The summed E-state index contributed by atoms with van der Waals surface area (Å²) in [6.07, 6.45) is 1.33. The smallest absolute Gasteiger partial charge is 0.269 e. The molecule has 0 unspecified atom stereocenters. The lowest BCUT2D eigenvalue weighted by Gasteiger charge is -2.32. The number of amides is 1. The number of fused-ring (bicyclic) bond motifs is 1. The fourth-order valence-corrected chi connectivity index (χ4v) is 4.17. The second-order valence-corrected chi connectivity index (χ2v) is 8.36. The Morgan fingerprint density at radius 3 is 2.43 bits per heavy atom. The summed E-state index contributed by atoms with van der Waals surface area (Å²) in [6, 6.07) is 7.29. The lowest BCUT2D eigenvalue weighted by atomic mass is 10.2. The Morgan fingerprint density at radius 2 is 1.82 bits per heavy atom. The van der Waals surface area contributed by atoms with Crippen molar-refractivity contribution in [3.05, 3.63) is 40.9 Å². The molecule has 0 saturated heterocycles. The van der Waals surface area contributed by atoms with Crippen molar-refractivity contribution in [2.45, 2.75) is 57.1 Å². The first-order chi connectivity index (χ1) is 13.3. The van der Waals surface area contributed by atoms with E-state index in [1.165, 1.54) is 22.7 Å². The van der Waals surface area contributed by atoms with E-state index in [0.29, 0.717) is 16.1 Å². The second kappa shape index (κ2) is 8.14. The van der Waals surface area contributed by atoms with E-state index in [1.54, 1.807) is 18.2 Å². The minimum Gasteiger partial charge on any atom is -0.337 e. The van der Waals surface area contributed by atoms with Crippen LogP contribution in [0.25, 0.3) is 16.9 Å². The van der Waals surface area contributed by atoms with Crippen molar-refractivity contribution in [1.29, 1.82) is 0 Å². The Hall–Kier alpha value is -2.68. The fraction of sp³-hybridized carbons (Fsp3) is 0.421. The number of aromatic nitrogens is 5. The molecular weight excluding hydrogens is 376 g/mol. The third kappa shape index (κ3) is 3.80. The van der Waals surface area contributed by atoms with Crippen LogP contribution < -0.4 is 5.56 Å². The highest BCUT2D eigenvalue weighted by atomic mass is 32.2. The van der Waals surface area contributed by atoms with Gasteiger partial charge in [-0.2, -0.15) is 10.1 Å². The summed E-state index contributed by atoms with van der Waals surface area (Å²) >= 11 is 1.24. The van der Waals surface area contributed by atoms with Gasteiger partial charge in [-0.3, -0.25) is 9.59 Å². The summed E-state index contributed by atoms with van der Waals surface area (Å²) in [6.45, 7) is 9.81. The van der Waals surface area contributed by atoms with Crippen LogP contribution in [-0.4, -0.2) is 52.9 Å². The highest BCUT2D eigenvalue weighted by Gasteiger charge is 2.28. The number of hydrogen-bond acceptors (Lipinski definition) is 6. The number of carbonyl (C=O) groups is 1. The Kier molecular flexibility index (Phi) is 5.83. The number of H-pyrrole nitrogens is 1. The molecule has 0 aliphatic heterocycles. The zero-order valence-corrected chi connectivity index (χ0v) is 17.4. The van der Waals surface area contributed by atoms with Crippen molar-refractivity contribution in [3.63, 3.8) is 0 Å². The van der Waals surface area contributed by atoms with Crippen molar-refractivity contribution >= 4 is 28.6 Å². The second-order valence-electron chi connectivity index (χ2n) is 7.05. The van der Waals surface area contributed by atoms with Crippen LogP contribution in [0.4, 0.5) is 0 Å². The number of rotatable bonds is 6. The number of carbonyl (C=O) groups excluding carboxylic acids is 1. The minimum absolute atomic E-state index is 0.00141. The van der Waals surface area contributed by atoms with E-state index >= 15 is 0 Å². The van der Waals surface area contributed by atoms with Gasteiger partial charge >= 0.3 is 0 Å². The van der Waals surface area contributed by atoms with E-state index in [4.69, 9.17) is 0 Å². The zero-order valence-electron chi connectivity index (χ0n) is 16.6. The van der Waals surface area contributed by atoms with Gasteiger partial charge in [-0.15, -0.1) is 0 Å². The van der Waals surface area contributed by atoms with Gasteiger partial charge in [-0.05, 0) is 46.8 Å². The topological polar surface area (TPSA) is 96.8 Å². The van der Waals surface area contributed by atoms with Crippen molar-refractivity contribution < 1.29 is 4.79 Å². The van der Waals surface area contributed by atoms with Crippen LogP contribution in [0.3, 0.4) is 0 Å². The van der Waals surface area contributed by atoms with Crippen molar-refractivity contribution in [1.82, 2.24) is 29.6 Å². The monoisotopic (exact) mass is 400 g/mol. The maximum atomic E-state index is 13.1. The molecule has 0 spiro atoms. The standard InChI is InChI=1S/C19H24N6O2S/c1-11(2)24(12(3)4)16(26)13(5)28-19-22-15-9-7-6-8-14(15)17(27)25(19)18-20-10-21-23-18/h6-13H,1-5H3,(H,20,21,23)/t13-/m0/s1. The number of benzene rings is 1. The predicted octanol–water partition coefficient (Wildman–Crippen LogP) is 2.63. The van der Waals surface area contributed by atoms with E-state index in [1.807, 2.05) is 45.6 Å². The molecule has 0 aliphatic rings. The molecule has 8 nitrogen and oxygen atoms in total. The van der Waals surface area contributed by atoms with Crippen LogP contribution in [0.5, 0.6) is 0 Å². The van der Waals surface area contributed by atoms with Gasteiger partial charge in [-0.1, -0.05) is 23.9 Å². The predicted molar refractivity (Wildman–Crippen MR) is 110 cm³/mol. The van der Waals surface area contributed by atoms with Gasteiger partial charge in [0.1, 0.15) is 6.33 Å². The van der Waals surface area contributed by atoms with Crippen LogP contribution in [0.1, 0.15) is 34.6 Å². The van der Waals surface area contributed by atoms with E-state index in [-0.39, 0.29) is 29.5 Å². The number of nitrogens with one attached hydrogen (secondary N) is 1. The summed E-state index contributed by atoms with van der Waals surface area (Å²) < 4.78 is 1.37. The van der Waals surface area contributed by atoms with Gasteiger partial charge in [0.25, 0.3) is 5.56 Å². The largest absolute Gasteiger partial charge is 0.337 e. The molecule has 0 saturated carbocycles. The minimum atomic E-state index is -0.424. The van der Waals surface area contributed by atoms with E-state index < -0.39 is 5.25 Å². The highest BCUT2D eigenvalue weighted by molar-refractivity contribution is 8.00. The summed E-state index contributed by atoms with van der Waals surface area (Å²) in [5.74, 6) is 0.275. The molecule has 9 heteroatoms. The van der Waals surface area contributed by atoms with Gasteiger partial charge < -0.3 is 4.90 Å². The van der Waals surface area contributed by atoms with Gasteiger partial charge in [-0.25, -0.2) is 14.6 Å². The summed E-state index contributed by atoms with van der Waals surface area (Å²) in [5.41, 5.74) is 0.323. The molecule has 0 radical (unpaired) electrons. The molecule has 148 valence electrons. The number of thioether (sulfide) groups is 1. The third-order valence-corrected chi connectivity index (χ3v) is 5.40. The summed E-state index contributed by atoms with van der Waals surface area (Å²) in [7, 11) is 0. The Morgan fingerprint density at radius 1 is 1.14 bits per heavy atom. The van der Waals surface area contributed by atoms with Crippen LogP contribution in [0.2, 0.25) is 0 Å². The number of para-hydroxylation sites is 1. The van der Waals surface area contributed by atoms with Crippen LogP contribution in [0, 0.1) is 0 Å². The summed E-state index contributed by atoms with van der Waals surface area (Å²) in [4.78, 5) is 36.7. The quantitative estimate of drug-likeness (QED) is 0.505. The van der Waals surface area contributed by atoms with Gasteiger partial charge in [0.2, 0.25) is 11.9 Å². The number of aromatic amines is 1. The molecule has 3 aromatic rings. The molecule has 1 aromatic carbocycles. The maximum Gasteiger partial charge on any atom is 0.269 e. The Bertz CT molecular complexity index is 1020. The molecule has 0 fully saturated rings. The van der Waals surface area contributed by atoms with Gasteiger partial charge in [0.15, 0.2) is 5.16 Å². The molecular formula is C19H24N6O2S. The maximum absolute atomic E-state index is 13.1. The first-order valence-electron chi connectivity index (χ1n) is 9.17. The third-order valence-electron chi connectivity index (χ3n) is 4.36. The fourth-order valence-electron chi connectivity index (χ4n) is 3.21. The molecule has 1 N–H and O–H groups in total. The van der Waals surface area contributed by atoms with Crippen LogP contribution >= 0.6 is 11.8 Å². The Balaban J connectivity index is 2.06. The van der Waals surface area contributed by atoms with Crippen molar-refractivity contribution in [2.24, 2.45) is 0 Å². The van der Waals surface area contributed by atoms with Crippen LogP contribution in [-0.2, 0) is 4.79 Å². The van der Waals surface area contributed by atoms with Crippen molar-refractivity contribution in [3.8, 4) is 5.95 Å². The molecule has 3 rings (SSSR count). The first kappa shape index (κ1) is 20.1. The summed E-state index contributed by atoms with van der Waals surface area (Å²) in [5, 5.41) is 7.01. The molecule has 1 atom stereocenters. The number of nitrogens with zero attached hydrogens (tertiary/aromatic N) is 5. The average molecular weight is 401 g/mol. The normalized spacial score (nSPS) is 12.7. The van der Waals surface area contributed by atoms with Crippen molar-refractivity contribution in [2.75, 3.05) is 0 Å². The SMILES string of the molecule is CC(C)N(C(=O)[C@H](C)Sc1nc2ccccc2c(=O)n1-c1ncn[nH]1)C(C)C. The lowest BCUT2D eigenvalue weighted by molar-refractivity contribution is -0.133.